The van der Waals surface area contributed by atoms with Gasteiger partial charge in [-0.3, -0.25) is 20.2 Å². The Balaban J connectivity index is 2.94. The molecule has 0 aliphatic carbocycles. The van der Waals surface area contributed by atoms with Crippen LogP contribution in [0.3, 0.4) is 0 Å². The van der Waals surface area contributed by atoms with E-state index in [1.165, 1.54) is 12.1 Å². The number of carbonyl (C=O) groups is 1. The molecule has 1 rings (SSSR count). The van der Waals surface area contributed by atoms with Gasteiger partial charge in [-0.15, -0.1) is 0 Å². The average molecular weight is 308 g/mol. The van der Waals surface area contributed by atoms with Gasteiger partial charge in [0.15, 0.2) is 0 Å². The summed E-state index contributed by atoms with van der Waals surface area (Å²) >= 11 is 0. The topological polar surface area (TPSA) is 103 Å². The summed E-state index contributed by atoms with van der Waals surface area (Å²) in [5.41, 5.74) is -0.104. The summed E-state index contributed by atoms with van der Waals surface area (Å²) in [4.78, 5) is 31.4. The largest absolute Gasteiger partial charge is 0.303 e. The number of hydrogen-bond acceptors (Lipinski definition) is 5. The van der Waals surface area contributed by atoms with Crippen LogP contribution in [0.5, 0.6) is 0 Å². The fraction of sp³-hybridized carbons (Fsp3) is 0.533. The van der Waals surface area contributed by atoms with Crippen molar-refractivity contribution in [2.24, 2.45) is 5.92 Å². The lowest BCUT2D eigenvalue weighted by molar-refractivity contribution is -0.394. The van der Waals surface area contributed by atoms with Gasteiger partial charge in [0.2, 0.25) is 0 Å². The van der Waals surface area contributed by atoms with Gasteiger partial charge in [0.05, 0.1) is 15.9 Å². The number of rotatable bonds is 10. The molecular weight excluding hydrogens is 288 g/mol. The first kappa shape index (κ1) is 17.7. The van der Waals surface area contributed by atoms with E-state index in [1.807, 2.05) is 0 Å². The van der Waals surface area contributed by atoms with E-state index in [9.17, 15) is 25.0 Å². The number of aldehydes is 1. The van der Waals surface area contributed by atoms with Gasteiger partial charge >= 0.3 is 0 Å². The number of nitro benzene ring substituents is 2. The number of nitro groups is 2. The van der Waals surface area contributed by atoms with E-state index < -0.39 is 9.85 Å². The molecule has 1 aromatic carbocycles. The first-order valence-corrected chi connectivity index (χ1v) is 7.34. The second-order valence-corrected chi connectivity index (χ2v) is 5.30. The molecular formula is C15H20N2O5. The highest BCUT2D eigenvalue weighted by molar-refractivity contribution is 5.51. The van der Waals surface area contributed by atoms with Crippen LogP contribution in [-0.4, -0.2) is 16.1 Å². The second-order valence-electron chi connectivity index (χ2n) is 5.30. The lowest BCUT2D eigenvalue weighted by atomic mass is 9.90. The average Bonchev–Trinajstić information content (AvgIpc) is 2.47. The summed E-state index contributed by atoms with van der Waals surface area (Å²) in [6.45, 7) is 2.08. The smallest absolute Gasteiger partial charge is 0.279 e. The van der Waals surface area contributed by atoms with E-state index in [0.717, 1.165) is 38.0 Å². The van der Waals surface area contributed by atoms with E-state index in [0.29, 0.717) is 18.4 Å². The predicted molar refractivity (Wildman–Crippen MR) is 81.8 cm³/mol. The molecule has 7 heteroatoms. The first-order chi connectivity index (χ1) is 10.5. The van der Waals surface area contributed by atoms with Gasteiger partial charge in [0.25, 0.3) is 11.4 Å². The Labute approximate surface area is 128 Å². The Kier molecular flexibility index (Phi) is 7.15. The standard InChI is InChI=1S/C15H20N2O5/c1-2-3-4-5-12(8-9-18)10-13-6-7-14(16(19)20)11-15(13)17(21)22/h6-7,9,11-12H,2-5,8,10H2,1H3/t12-/m1/s1. The van der Waals surface area contributed by atoms with E-state index in [4.69, 9.17) is 0 Å². The third-order valence-corrected chi connectivity index (χ3v) is 3.63. The molecule has 0 aromatic heterocycles. The molecule has 0 unspecified atom stereocenters. The Morgan fingerprint density at radius 3 is 2.45 bits per heavy atom. The molecule has 0 saturated carbocycles. The molecule has 0 radical (unpaired) electrons. The van der Waals surface area contributed by atoms with Crippen LogP contribution in [0.25, 0.3) is 0 Å². The van der Waals surface area contributed by atoms with E-state index in [-0.39, 0.29) is 17.3 Å². The van der Waals surface area contributed by atoms with Crippen molar-refractivity contribution in [2.45, 2.75) is 45.4 Å². The fourth-order valence-electron chi connectivity index (χ4n) is 2.44. The van der Waals surface area contributed by atoms with Crippen LogP contribution < -0.4 is 0 Å². The molecule has 0 heterocycles. The number of carbonyl (C=O) groups excluding carboxylic acids is 1. The molecule has 0 saturated heterocycles. The summed E-state index contributed by atoms with van der Waals surface area (Å²) in [7, 11) is 0. The first-order valence-electron chi connectivity index (χ1n) is 7.34. The molecule has 0 aliphatic heterocycles. The SMILES string of the molecule is CCCCC[C@H](CC=O)Cc1ccc([N+](=O)[O-])cc1[N+](=O)[O-]. The molecule has 0 spiro atoms. The van der Waals surface area contributed by atoms with Crippen molar-refractivity contribution in [2.75, 3.05) is 0 Å². The molecule has 22 heavy (non-hydrogen) atoms. The molecule has 0 aliphatic rings. The molecule has 7 nitrogen and oxygen atoms in total. The van der Waals surface area contributed by atoms with Crippen molar-refractivity contribution in [1.82, 2.24) is 0 Å². The minimum atomic E-state index is -0.652. The maximum atomic E-state index is 11.1. The summed E-state index contributed by atoms with van der Waals surface area (Å²) in [6.07, 6.45) is 5.46. The van der Waals surface area contributed by atoms with Crippen LogP contribution in [0, 0.1) is 26.1 Å². The van der Waals surface area contributed by atoms with Crippen LogP contribution >= 0.6 is 0 Å². The van der Waals surface area contributed by atoms with Crippen LogP contribution in [0.1, 0.15) is 44.6 Å². The molecule has 0 bridgehead atoms. The second kappa shape index (κ2) is 8.86. The van der Waals surface area contributed by atoms with Crippen molar-refractivity contribution in [1.29, 1.82) is 0 Å². The molecule has 1 aromatic rings. The maximum Gasteiger partial charge on any atom is 0.279 e. The Morgan fingerprint density at radius 1 is 1.18 bits per heavy atom. The number of non-ortho nitro benzene ring substituents is 1. The minimum Gasteiger partial charge on any atom is -0.303 e. The van der Waals surface area contributed by atoms with Gasteiger partial charge in [-0.25, -0.2) is 0 Å². The zero-order chi connectivity index (χ0) is 16.5. The summed E-state index contributed by atoms with van der Waals surface area (Å²) in [5, 5.41) is 21.8. The van der Waals surface area contributed by atoms with Crippen LogP contribution in [-0.2, 0) is 11.2 Å². The van der Waals surface area contributed by atoms with E-state index >= 15 is 0 Å². The van der Waals surface area contributed by atoms with Crippen LogP contribution in [0.15, 0.2) is 18.2 Å². The van der Waals surface area contributed by atoms with Gasteiger partial charge in [0.1, 0.15) is 6.29 Å². The van der Waals surface area contributed by atoms with E-state index in [1.54, 1.807) is 0 Å². The van der Waals surface area contributed by atoms with Crippen LogP contribution in [0.2, 0.25) is 0 Å². The fourth-order valence-corrected chi connectivity index (χ4v) is 2.44. The Bertz CT molecular complexity index is 545. The van der Waals surface area contributed by atoms with Gasteiger partial charge in [-0.1, -0.05) is 26.2 Å². The lowest BCUT2D eigenvalue weighted by Crippen LogP contribution is -2.08. The molecule has 0 fully saturated rings. The zero-order valence-electron chi connectivity index (χ0n) is 12.6. The van der Waals surface area contributed by atoms with Gasteiger partial charge in [-0.2, -0.15) is 0 Å². The number of benzene rings is 1. The van der Waals surface area contributed by atoms with Crippen molar-refractivity contribution >= 4 is 17.7 Å². The monoisotopic (exact) mass is 308 g/mol. The van der Waals surface area contributed by atoms with Gasteiger partial charge in [-0.05, 0) is 24.8 Å². The molecule has 0 amide bonds. The predicted octanol–water partition coefficient (Wildman–Crippen LogP) is 3.83. The van der Waals surface area contributed by atoms with Crippen molar-refractivity contribution in [3.8, 4) is 0 Å². The molecule has 1 atom stereocenters. The minimum absolute atomic E-state index is 0.0317. The summed E-state index contributed by atoms with van der Waals surface area (Å²) < 4.78 is 0. The number of nitrogens with zero attached hydrogens (tertiary/aromatic N) is 2. The maximum absolute atomic E-state index is 11.1. The third-order valence-electron chi connectivity index (χ3n) is 3.63. The quantitative estimate of drug-likeness (QED) is 0.283. The Morgan fingerprint density at radius 2 is 1.91 bits per heavy atom. The highest BCUT2D eigenvalue weighted by Gasteiger charge is 2.21. The lowest BCUT2D eigenvalue weighted by Gasteiger charge is -2.14. The third kappa shape index (κ3) is 5.23. The van der Waals surface area contributed by atoms with Gasteiger partial charge < -0.3 is 4.79 Å². The van der Waals surface area contributed by atoms with E-state index in [2.05, 4.69) is 6.92 Å². The van der Waals surface area contributed by atoms with Crippen molar-refractivity contribution < 1.29 is 14.6 Å². The number of hydrogen-bond donors (Lipinski definition) is 0. The molecule has 0 N–H and O–H groups in total. The number of unbranched alkanes of at least 4 members (excludes halogenated alkanes) is 2. The van der Waals surface area contributed by atoms with Crippen molar-refractivity contribution in [3.05, 3.63) is 44.0 Å². The normalized spacial score (nSPS) is 11.9. The summed E-state index contributed by atoms with van der Waals surface area (Å²) in [6, 6.07) is 3.68. The zero-order valence-corrected chi connectivity index (χ0v) is 12.6. The summed E-state index contributed by atoms with van der Waals surface area (Å²) in [5.74, 6) is 0.0317. The molecule has 120 valence electrons. The highest BCUT2D eigenvalue weighted by Crippen LogP contribution is 2.28. The Hall–Kier alpha value is -2.31. The van der Waals surface area contributed by atoms with Crippen LogP contribution in [0.4, 0.5) is 11.4 Å². The van der Waals surface area contributed by atoms with Gasteiger partial charge in [0, 0.05) is 18.1 Å². The van der Waals surface area contributed by atoms with Crippen molar-refractivity contribution in [3.63, 3.8) is 0 Å². The highest BCUT2D eigenvalue weighted by atomic mass is 16.6.